The number of nitrogens with one attached hydrogen (secondary N) is 2. The summed E-state index contributed by atoms with van der Waals surface area (Å²) in [6.07, 6.45) is 3.85. The largest absolute Gasteiger partial charge is 0.497 e. The summed E-state index contributed by atoms with van der Waals surface area (Å²) < 4.78 is 10.8. The van der Waals surface area contributed by atoms with Crippen molar-refractivity contribution in [3.05, 3.63) is 54.9 Å². The fraction of sp³-hybridized carbons (Fsp3) is 0.0952. The molecule has 0 bridgehead atoms. The van der Waals surface area contributed by atoms with E-state index in [4.69, 9.17) is 9.47 Å². The Morgan fingerprint density at radius 3 is 2.31 bits per heavy atom. The second kappa shape index (κ2) is 5.52. The molecule has 0 aliphatic carbocycles. The predicted molar refractivity (Wildman–Crippen MR) is 104 cm³/mol. The van der Waals surface area contributed by atoms with E-state index < -0.39 is 0 Å². The summed E-state index contributed by atoms with van der Waals surface area (Å²) in [7, 11) is 3.36. The van der Waals surface area contributed by atoms with Gasteiger partial charge < -0.3 is 19.4 Å². The first-order chi connectivity index (χ1) is 12.8. The normalized spacial score (nSPS) is 11.5. The van der Waals surface area contributed by atoms with Crippen LogP contribution in [0.1, 0.15) is 0 Å². The molecular weight excluding hydrogens is 326 g/mol. The van der Waals surface area contributed by atoms with Crippen LogP contribution in [0.5, 0.6) is 11.5 Å². The number of fused-ring (bicyclic) bond motifs is 4. The van der Waals surface area contributed by atoms with Crippen molar-refractivity contribution in [1.29, 1.82) is 0 Å². The molecule has 5 aromatic rings. The molecule has 26 heavy (non-hydrogen) atoms. The Labute approximate surface area is 149 Å². The monoisotopic (exact) mass is 343 g/mol. The van der Waals surface area contributed by atoms with E-state index in [1.54, 1.807) is 14.2 Å². The molecule has 5 nitrogen and oxygen atoms in total. The molecule has 0 saturated heterocycles. The second-order valence-electron chi connectivity index (χ2n) is 6.23. The van der Waals surface area contributed by atoms with Gasteiger partial charge in [0.1, 0.15) is 11.5 Å². The number of aromatic nitrogens is 3. The van der Waals surface area contributed by atoms with Gasteiger partial charge in [0.2, 0.25) is 0 Å². The highest BCUT2D eigenvalue weighted by molar-refractivity contribution is 6.13. The number of nitrogens with zero attached hydrogens (tertiary/aromatic N) is 1. The summed E-state index contributed by atoms with van der Waals surface area (Å²) in [5, 5.41) is 3.34. The van der Waals surface area contributed by atoms with E-state index in [0.29, 0.717) is 0 Å². The zero-order valence-corrected chi connectivity index (χ0v) is 14.5. The quantitative estimate of drug-likeness (QED) is 0.491. The van der Waals surface area contributed by atoms with Crippen LogP contribution >= 0.6 is 0 Å². The molecule has 2 N–H and O–H groups in total. The van der Waals surface area contributed by atoms with Crippen LogP contribution in [0.15, 0.2) is 54.9 Å². The summed E-state index contributed by atoms with van der Waals surface area (Å²) in [5.41, 5.74) is 5.09. The Balaban J connectivity index is 1.82. The Bertz CT molecular complexity index is 1270. The van der Waals surface area contributed by atoms with Gasteiger partial charge in [-0.2, -0.15) is 0 Å². The van der Waals surface area contributed by atoms with Crippen LogP contribution in [0.25, 0.3) is 44.0 Å². The van der Waals surface area contributed by atoms with Crippen molar-refractivity contribution in [1.82, 2.24) is 15.0 Å². The van der Waals surface area contributed by atoms with Gasteiger partial charge in [0.05, 0.1) is 25.4 Å². The van der Waals surface area contributed by atoms with E-state index in [0.717, 1.165) is 55.5 Å². The van der Waals surface area contributed by atoms with E-state index in [1.807, 2.05) is 48.8 Å². The lowest BCUT2D eigenvalue weighted by Gasteiger charge is -2.03. The van der Waals surface area contributed by atoms with Gasteiger partial charge in [-0.15, -0.1) is 0 Å². The minimum absolute atomic E-state index is 0.826. The van der Waals surface area contributed by atoms with Gasteiger partial charge in [-0.1, -0.05) is 0 Å². The molecule has 0 fully saturated rings. The third kappa shape index (κ3) is 2.07. The lowest BCUT2D eigenvalue weighted by molar-refractivity contribution is 0.415. The lowest BCUT2D eigenvalue weighted by atomic mass is 10.1. The van der Waals surface area contributed by atoms with Crippen molar-refractivity contribution in [3.8, 4) is 22.8 Å². The number of benzene rings is 2. The minimum atomic E-state index is 0.826. The fourth-order valence-corrected chi connectivity index (χ4v) is 3.56. The van der Waals surface area contributed by atoms with Crippen molar-refractivity contribution in [3.63, 3.8) is 0 Å². The van der Waals surface area contributed by atoms with Crippen LogP contribution in [0.2, 0.25) is 0 Å². The first-order valence-corrected chi connectivity index (χ1v) is 8.38. The number of methoxy groups -OCH3 is 2. The molecule has 0 unspecified atom stereocenters. The average molecular weight is 343 g/mol. The molecule has 5 rings (SSSR count). The Hall–Kier alpha value is -3.47. The van der Waals surface area contributed by atoms with Crippen molar-refractivity contribution < 1.29 is 9.47 Å². The van der Waals surface area contributed by atoms with Crippen LogP contribution in [0.4, 0.5) is 0 Å². The van der Waals surface area contributed by atoms with Gasteiger partial charge in [-0.25, -0.2) is 0 Å². The molecular formula is C21H17N3O2. The molecule has 0 radical (unpaired) electrons. The Morgan fingerprint density at radius 2 is 1.54 bits per heavy atom. The van der Waals surface area contributed by atoms with Crippen molar-refractivity contribution in [2.45, 2.75) is 0 Å². The van der Waals surface area contributed by atoms with Crippen molar-refractivity contribution >= 4 is 32.7 Å². The van der Waals surface area contributed by atoms with Crippen LogP contribution < -0.4 is 9.47 Å². The van der Waals surface area contributed by atoms with Crippen molar-refractivity contribution in [2.75, 3.05) is 14.2 Å². The summed E-state index contributed by atoms with van der Waals surface area (Å²) in [5.74, 6) is 1.67. The zero-order valence-electron chi connectivity index (χ0n) is 14.5. The number of pyridine rings is 1. The Kier molecular flexibility index (Phi) is 3.15. The standard InChI is InChI=1S/C21H17N3O2/c1-25-12-3-5-18-16(10-12)17(11-23-18)20-21-14(7-8-22-20)15-9-13(26-2)4-6-19(15)24-21/h3-11,23-24H,1-2H3. The van der Waals surface area contributed by atoms with Crippen LogP contribution in [0.3, 0.4) is 0 Å². The molecule has 0 spiro atoms. The van der Waals surface area contributed by atoms with Gasteiger partial charge in [0, 0.05) is 45.1 Å². The minimum Gasteiger partial charge on any atom is -0.497 e. The molecule has 2 aromatic carbocycles. The summed E-state index contributed by atoms with van der Waals surface area (Å²) in [6, 6.07) is 14.1. The van der Waals surface area contributed by atoms with Gasteiger partial charge >= 0.3 is 0 Å². The number of hydrogen-bond donors (Lipinski definition) is 2. The molecule has 0 aliphatic heterocycles. The maximum atomic E-state index is 5.39. The summed E-state index contributed by atoms with van der Waals surface area (Å²) >= 11 is 0. The highest BCUT2D eigenvalue weighted by Gasteiger charge is 2.15. The molecule has 128 valence electrons. The predicted octanol–water partition coefficient (Wildman–Crippen LogP) is 4.88. The summed E-state index contributed by atoms with van der Waals surface area (Å²) in [6.45, 7) is 0. The first kappa shape index (κ1) is 14.8. The first-order valence-electron chi connectivity index (χ1n) is 8.38. The third-order valence-electron chi connectivity index (χ3n) is 4.87. The number of ether oxygens (including phenoxy) is 2. The molecule has 0 saturated carbocycles. The fourth-order valence-electron chi connectivity index (χ4n) is 3.56. The topological polar surface area (TPSA) is 62.9 Å². The molecule has 3 aromatic heterocycles. The molecule has 0 amide bonds. The third-order valence-corrected chi connectivity index (χ3v) is 4.87. The molecule has 3 heterocycles. The summed E-state index contributed by atoms with van der Waals surface area (Å²) in [4.78, 5) is 11.5. The number of rotatable bonds is 3. The van der Waals surface area contributed by atoms with E-state index in [2.05, 4.69) is 21.0 Å². The maximum Gasteiger partial charge on any atom is 0.119 e. The highest BCUT2D eigenvalue weighted by Crippen LogP contribution is 2.36. The highest BCUT2D eigenvalue weighted by atomic mass is 16.5. The Morgan fingerprint density at radius 1 is 0.808 bits per heavy atom. The number of hydrogen-bond acceptors (Lipinski definition) is 3. The molecule has 0 atom stereocenters. The van der Waals surface area contributed by atoms with Crippen LogP contribution in [0, 0.1) is 0 Å². The molecule has 5 heteroatoms. The smallest absolute Gasteiger partial charge is 0.119 e. The number of aromatic amines is 2. The van der Waals surface area contributed by atoms with Gasteiger partial charge in [-0.3, -0.25) is 4.98 Å². The van der Waals surface area contributed by atoms with E-state index in [9.17, 15) is 0 Å². The van der Waals surface area contributed by atoms with E-state index in [-0.39, 0.29) is 0 Å². The average Bonchev–Trinajstić information content (AvgIpc) is 3.27. The maximum absolute atomic E-state index is 5.39. The van der Waals surface area contributed by atoms with Crippen LogP contribution in [-0.4, -0.2) is 29.2 Å². The second-order valence-corrected chi connectivity index (χ2v) is 6.23. The van der Waals surface area contributed by atoms with Gasteiger partial charge in [0.15, 0.2) is 0 Å². The van der Waals surface area contributed by atoms with Gasteiger partial charge in [-0.05, 0) is 42.5 Å². The van der Waals surface area contributed by atoms with Crippen molar-refractivity contribution in [2.24, 2.45) is 0 Å². The number of H-pyrrole nitrogens is 2. The SMILES string of the molecule is COc1ccc2[nH]cc(-c3nccc4c3[nH]c3ccc(OC)cc34)c2c1. The zero-order chi connectivity index (χ0) is 17.7. The molecule has 0 aliphatic rings. The van der Waals surface area contributed by atoms with E-state index >= 15 is 0 Å². The van der Waals surface area contributed by atoms with Gasteiger partial charge in [0.25, 0.3) is 0 Å². The van der Waals surface area contributed by atoms with Crippen LogP contribution in [-0.2, 0) is 0 Å². The van der Waals surface area contributed by atoms with E-state index in [1.165, 1.54) is 0 Å². The lowest BCUT2D eigenvalue weighted by Crippen LogP contribution is -1.85.